The molecule has 7 heteroatoms. The van der Waals surface area contributed by atoms with Gasteiger partial charge in [0.1, 0.15) is 24.3 Å². The van der Waals surface area contributed by atoms with Crippen LogP contribution >= 0.6 is 11.6 Å². The van der Waals surface area contributed by atoms with Crippen molar-refractivity contribution < 1.29 is 14.6 Å². The van der Waals surface area contributed by atoms with Gasteiger partial charge in [-0.05, 0) is 48.4 Å². The number of aromatic nitrogens is 2. The minimum atomic E-state index is -0.780. The molecule has 1 aliphatic heterocycles. The summed E-state index contributed by atoms with van der Waals surface area (Å²) < 4.78 is 7.78. The van der Waals surface area contributed by atoms with E-state index in [2.05, 4.69) is 19.1 Å². The second-order valence-electron chi connectivity index (χ2n) is 8.89. The fraction of sp³-hybridized carbons (Fsp3) is 0.286. The normalized spacial score (nSPS) is 16.7. The number of nitrogens with zero attached hydrogens (tertiary/aromatic N) is 3. The molecule has 5 rings (SSSR count). The van der Waals surface area contributed by atoms with Gasteiger partial charge >= 0.3 is 0 Å². The summed E-state index contributed by atoms with van der Waals surface area (Å²) in [6.45, 7) is 3.07. The van der Waals surface area contributed by atoms with Gasteiger partial charge < -0.3 is 19.3 Å². The van der Waals surface area contributed by atoms with Crippen LogP contribution in [0.5, 0.6) is 5.75 Å². The third kappa shape index (κ3) is 4.90. The number of carbonyl (C=O) groups is 1. The Balaban J connectivity index is 1.37. The number of anilines is 1. The first kappa shape index (κ1) is 23.4. The molecule has 0 radical (unpaired) electrons. The van der Waals surface area contributed by atoms with E-state index in [1.165, 1.54) is 5.56 Å². The minimum absolute atomic E-state index is 0.0718. The van der Waals surface area contributed by atoms with E-state index in [9.17, 15) is 9.90 Å². The van der Waals surface area contributed by atoms with Gasteiger partial charge in [-0.2, -0.15) is 0 Å². The zero-order chi connectivity index (χ0) is 24.4. The van der Waals surface area contributed by atoms with Gasteiger partial charge in [-0.1, -0.05) is 54.9 Å². The SMILES string of the molecule is CCc1ccc(N2C[C@H](c3nc4ccccc4n3C[C@H](O)COc3ccccc3Cl)CC2=O)cc1. The summed E-state index contributed by atoms with van der Waals surface area (Å²) in [5.74, 6) is 1.36. The van der Waals surface area contributed by atoms with Crippen LogP contribution in [-0.2, 0) is 17.8 Å². The van der Waals surface area contributed by atoms with Crippen molar-refractivity contribution in [1.82, 2.24) is 9.55 Å². The van der Waals surface area contributed by atoms with E-state index >= 15 is 0 Å². The van der Waals surface area contributed by atoms with Gasteiger partial charge in [0.2, 0.25) is 5.91 Å². The van der Waals surface area contributed by atoms with Crippen molar-refractivity contribution in [3.63, 3.8) is 0 Å². The van der Waals surface area contributed by atoms with Crippen LogP contribution < -0.4 is 9.64 Å². The monoisotopic (exact) mass is 489 g/mol. The highest BCUT2D eigenvalue weighted by molar-refractivity contribution is 6.32. The lowest BCUT2D eigenvalue weighted by Crippen LogP contribution is -2.26. The molecule has 0 unspecified atom stereocenters. The minimum Gasteiger partial charge on any atom is -0.489 e. The lowest BCUT2D eigenvalue weighted by atomic mass is 10.1. The topological polar surface area (TPSA) is 67.6 Å². The van der Waals surface area contributed by atoms with Crippen molar-refractivity contribution in [3.8, 4) is 5.75 Å². The molecule has 2 heterocycles. The summed E-state index contributed by atoms with van der Waals surface area (Å²) in [7, 11) is 0. The Bertz CT molecular complexity index is 1340. The maximum Gasteiger partial charge on any atom is 0.227 e. The van der Waals surface area contributed by atoms with Gasteiger partial charge in [0.25, 0.3) is 0 Å². The van der Waals surface area contributed by atoms with Crippen LogP contribution in [0.4, 0.5) is 5.69 Å². The summed E-state index contributed by atoms with van der Waals surface area (Å²) in [5.41, 5.74) is 3.93. The number of ether oxygens (including phenoxy) is 1. The highest BCUT2D eigenvalue weighted by atomic mass is 35.5. The summed E-state index contributed by atoms with van der Waals surface area (Å²) in [6.07, 6.45) is 0.562. The zero-order valence-corrected chi connectivity index (χ0v) is 20.4. The molecule has 2 atom stereocenters. The first-order chi connectivity index (χ1) is 17.0. The molecule has 1 saturated heterocycles. The zero-order valence-electron chi connectivity index (χ0n) is 19.6. The molecule has 1 N–H and O–H groups in total. The van der Waals surface area contributed by atoms with E-state index in [-0.39, 0.29) is 18.4 Å². The highest BCUT2D eigenvalue weighted by Gasteiger charge is 2.35. The Kier molecular flexibility index (Phi) is 6.75. The van der Waals surface area contributed by atoms with Gasteiger partial charge in [-0.15, -0.1) is 0 Å². The van der Waals surface area contributed by atoms with E-state index in [1.807, 2.05) is 58.0 Å². The average molecular weight is 490 g/mol. The molecule has 1 aromatic heterocycles. The molecular formula is C28H28ClN3O3. The predicted molar refractivity (Wildman–Crippen MR) is 138 cm³/mol. The molecule has 0 bridgehead atoms. The number of aliphatic hydroxyl groups is 1. The van der Waals surface area contributed by atoms with Crippen molar-refractivity contribution in [3.05, 3.63) is 89.2 Å². The van der Waals surface area contributed by atoms with Gasteiger partial charge in [-0.25, -0.2) is 4.98 Å². The third-order valence-corrected chi connectivity index (χ3v) is 6.80. The molecular weight excluding hydrogens is 462 g/mol. The number of carbonyl (C=O) groups excluding carboxylic acids is 1. The number of halogens is 1. The number of rotatable bonds is 8. The summed E-state index contributed by atoms with van der Waals surface area (Å²) >= 11 is 6.18. The molecule has 4 aromatic rings. The third-order valence-electron chi connectivity index (χ3n) is 6.49. The molecule has 1 aliphatic rings. The maximum absolute atomic E-state index is 13.0. The Morgan fingerprint density at radius 3 is 2.60 bits per heavy atom. The molecule has 1 amide bonds. The Morgan fingerprint density at radius 2 is 1.83 bits per heavy atom. The lowest BCUT2D eigenvalue weighted by Gasteiger charge is -2.19. The molecule has 180 valence electrons. The standard InChI is InChI=1S/C28H28ClN3O3/c1-2-19-11-13-21(14-12-19)31-16-20(15-27(31)34)28-30-24-8-4-5-9-25(24)32(28)17-22(33)18-35-26-10-6-3-7-23(26)29/h3-14,20,22,33H,2,15-18H2,1H3/t20-,22+/m1/s1. The number of hydrogen-bond donors (Lipinski definition) is 1. The van der Waals surface area contributed by atoms with Gasteiger partial charge in [0.05, 0.1) is 22.6 Å². The number of aliphatic hydroxyl groups excluding tert-OH is 1. The number of aryl methyl sites for hydroxylation is 1. The van der Waals surface area contributed by atoms with Gasteiger partial charge in [0, 0.05) is 24.6 Å². The lowest BCUT2D eigenvalue weighted by molar-refractivity contribution is -0.117. The number of para-hydroxylation sites is 3. The molecule has 6 nitrogen and oxygen atoms in total. The molecule has 3 aromatic carbocycles. The number of imidazole rings is 1. The molecule has 0 aliphatic carbocycles. The molecule has 0 saturated carbocycles. The number of benzene rings is 3. The van der Waals surface area contributed by atoms with Crippen LogP contribution in [-0.4, -0.2) is 39.8 Å². The van der Waals surface area contributed by atoms with E-state index in [1.54, 1.807) is 12.1 Å². The molecule has 0 spiro atoms. The van der Waals surface area contributed by atoms with Crippen LogP contribution in [0.25, 0.3) is 11.0 Å². The second-order valence-corrected chi connectivity index (χ2v) is 9.30. The number of hydrogen-bond acceptors (Lipinski definition) is 4. The number of fused-ring (bicyclic) bond motifs is 1. The fourth-order valence-electron chi connectivity index (χ4n) is 4.65. The van der Waals surface area contributed by atoms with Crippen LogP contribution in [0.1, 0.15) is 30.7 Å². The smallest absolute Gasteiger partial charge is 0.227 e. The average Bonchev–Trinajstić information content (AvgIpc) is 3.44. The number of amides is 1. The van der Waals surface area contributed by atoms with Crippen molar-refractivity contribution >= 4 is 34.2 Å². The van der Waals surface area contributed by atoms with E-state index in [0.717, 1.165) is 29.0 Å². The van der Waals surface area contributed by atoms with Crippen molar-refractivity contribution in [2.24, 2.45) is 0 Å². The van der Waals surface area contributed by atoms with Crippen molar-refractivity contribution in [1.29, 1.82) is 0 Å². The van der Waals surface area contributed by atoms with Crippen LogP contribution in [0.2, 0.25) is 5.02 Å². The van der Waals surface area contributed by atoms with E-state index in [0.29, 0.717) is 30.3 Å². The Labute approximate surface area is 209 Å². The molecule has 35 heavy (non-hydrogen) atoms. The Hall–Kier alpha value is -3.35. The van der Waals surface area contributed by atoms with Gasteiger partial charge in [0.15, 0.2) is 0 Å². The first-order valence-electron chi connectivity index (χ1n) is 11.9. The molecule has 1 fully saturated rings. The summed E-state index contributed by atoms with van der Waals surface area (Å²) in [6, 6.07) is 23.2. The highest BCUT2D eigenvalue weighted by Crippen LogP contribution is 2.33. The first-order valence-corrected chi connectivity index (χ1v) is 12.3. The fourth-order valence-corrected chi connectivity index (χ4v) is 4.84. The Morgan fingerprint density at radius 1 is 1.09 bits per heavy atom. The maximum atomic E-state index is 13.0. The van der Waals surface area contributed by atoms with Crippen LogP contribution in [0.15, 0.2) is 72.8 Å². The van der Waals surface area contributed by atoms with Gasteiger partial charge in [-0.3, -0.25) is 4.79 Å². The predicted octanol–water partition coefficient (Wildman–Crippen LogP) is 5.21. The van der Waals surface area contributed by atoms with Crippen molar-refractivity contribution in [2.75, 3.05) is 18.1 Å². The van der Waals surface area contributed by atoms with Crippen LogP contribution in [0.3, 0.4) is 0 Å². The summed E-state index contributed by atoms with van der Waals surface area (Å²) in [5, 5.41) is 11.3. The van der Waals surface area contributed by atoms with E-state index < -0.39 is 6.10 Å². The van der Waals surface area contributed by atoms with Crippen molar-refractivity contribution in [2.45, 2.75) is 38.3 Å². The summed E-state index contributed by atoms with van der Waals surface area (Å²) in [4.78, 5) is 19.7. The second kappa shape index (κ2) is 10.1. The van der Waals surface area contributed by atoms with E-state index in [4.69, 9.17) is 21.3 Å². The van der Waals surface area contributed by atoms with Crippen LogP contribution in [0, 0.1) is 0 Å². The largest absolute Gasteiger partial charge is 0.489 e. The quantitative estimate of drug-likeness (QED) is 0.369.